The van der Waals surface area contributed by atoms with Crippen LogP contribution in [0.15, 0.2) is 6.07 Å². The molecule has 2 heterocycles. The van der Waals surface area contributed by atoms with E-state index in [1.165, 1.54) is 25.7 Å². The van der Waals surface area contributed by atoms with Gasteiger partial charge in [-0.2, -0.15) is 4.98 Å². The third-order valence-electron chi connectivity index (χ3n) is 3.27. The van der Waals surface area contributed by atoms with E-state index in [2.05, 4.69) is 20.3 Å². The van der Waals surface area contributed by atoms with E-state index in [1.54, 1.807) is 0 Å². The Morgan fingerprint density at radius 1 is 1.25 bits per heavy atom. The number of anilines is 2. The summed E-state index contributed by atoms with van der Waals surface area (Å²) in [5, 5.41) is 0. The first-order valence-electron chi connectivity index (χ1n) is 5.97. The van der Waals surface area contributed by atoms with Gasteiger partial charge in [-0.25, -0.2) is 10.8 Å². The molecule has 1 aliphatic carbocycles. The summed E-state index contributed by atoms with van der Waals surface area (Å²) in [6.45, 7) is 2.14. The zero-order valence-corrected chi connectivity index (χ0v) is 9.32. The van der Waals surface area contributed by atoms with Crippen LogP contribution in [-0.2, 0) is 0 Å². The van der Waals surface area contributed by atoms with Gasteiger partial charge in [0.1, 0.15) is 5.82 Å². The number of rotatable bonds is 3. The lowest BCUT2D eigenvalue weighted by molar-refractivity contribution is 0.871. The Labute approximate surface area is 95.0 Å². The van der Waals surface area contributed by atoms with Gasteiger partial charge in [0, 0.05) is 25.1 Å². The second kappa shape index (κ2) is 3.90. The molecule has 1 saturated carbocycles. The van der Waals surface area contributed by atoms with Gasteiger partial charge in [-0.1, -0.05) is 0 Å². The van der Waals surface area contributed by atoms with Crippen molar-refractivity contribution >= 4 is 11.8 Å². The molecule has 0 atom stereocenters. The fourth-order valence-corrected chi connectivity index (χ4v) is 2.17. The van der Waals surface area contributed by atoms with E-state index < -0.39 is 0 Å². The first kappa shape index (κ1) is 9.84. The van der Waals surface area contributed by atoms with Gasteiger partial charge in [-0.3, -0.25) is 0 Å². The van der Waals surface area contributed by atoms with Gasteiger partial charge < -0.3 is 10.3 Å². The maximum Gasteiger partial charge on any atom is 0.227 e. The molecule has 0 unspecified atom stereocenters. The quantitative estimate of drug-likeness (QED) is 0.591. The Morgan fingerprint density at radius 2 is 2.00 bits per heavy atom. The van der Waals surface area contributed by atoms with Crippen LogP contribution in [0.1, 0.15) is 37.3 Å². The molecule has 1 aromatic rings. The van der Waals surface area contributed by atoms with Crippen molar-refractivity contribution in [3.05, 3.63) is 11.8 Å². The molecule has 0 spiro atoms. The Hall–Kier alpha value is -1.36. The van der Waals surface area contributed by atoms with Crippen molar-refractivity contribution in [2.45, 2.75) is 31.6 Å². The van der Waals surface area contributed by atoms with E-state index >= 15 is 0 Å². The number of hydrazine groups is 1. The maximum atomic E-state index is 5.45. The highest BCUT2D eigenvalue weighted by atomic mass is 15.3. The van der Waals surface area contributed by atoms with Crippen LogP contribution < -0.4 is 16.2 Å². The van der Waals surface area contributed by atoms with Gasteiger partial charge in [-0.15, -0.1) is 0 Å². The minimum atomic E-state index is 0.636. The average Bonchev–Trinajstić information content (AvgIpc) is 3.04. The third kappa shape index (κ3) is 1.82. The minimum absolute atomic E-state index is 0.636. The van der Waals surface area contributed by atoms with Crippen molar-refractivity contribution in [2.75, 3.05) is 23.4 Å². The fraction of sp³-hybridized carbons (Fsp3) is 0.636. The van der Waals surface area contributed by atoms with E-state index in [9.17, 15) is 0 Å². The van der Waals surface area contributed by atoms with E-state index in [1.807, 2.05) is 6.07 Å². The molecule has 0 aromatic carbocycles. The number of hydrogen-bond acceptors (Lipinski definition) is 5. The van der Waals surface area contributed by atoms with Crippen molar-refractivity contribution in [3.63, 3.8) is 0 Å². The highest BCUT2D eigenvalue weighted by Crippen LogP contribution is 2.40. The average molecular weight is 219 g/mol. The summed E-state index contributed by atoms with van der Waals surface area (Å²) >= 11 is 0. The lowest BCUT2D eigenvalue weighted by Gasteiger charge is -2.16. The van der Waals surface area contributed by atoms with Crippen molar-refractivity contribution in [3.8, 4) is 0 Å². The van der Waals surface area contributed by atoms with Gasteiger partial charge in [-0.05, 0) is 25.7 Å². The van der Waals surface area contributed by atoms with Crippen LogP contribution in [0, 0.1) is 0 Å². The van der Waals surface area contributed by atoms with E-state index in [0.29, 0.717) is 5.92 Å². The predicted octanol–water partition coefficient (Wildman–Crippen LogP) is 1.24. The zero-order chi connectivity index (χ0) is 11.0. The molecule has 2 aliphatic rings. The lowest BCUT2D eigenvalue weighted by atomic mass is 10.3. The molecular weight excluding hydrogens is 202 g/mol. The van der Waals surface area contributed by atoms with Crippen molar-refractivity contribution in [1.29, 1.82) is 0 Å². The number of nitrogens with one attached hydrogen (secondary N) is 1. The van der Waals surface area contributed by atoms with Crippen LogP contribution >= 0.6 is 0 Å². The first-order valence-corrected chi connectivity index (χ1v) is 5.97. The van der Waals surface area contributed by atoms with Gasteiger partial charge in [0.2, 0.25) is 5.95 Å². The topological polar surface area (TPSA) is 67.1 Å². The summed E-state index contributed by atoms with van der Waals surface area (Å²) in [5.74, 6) is 7.66. The molecule has 16 heavy (non-hydrogen) atoms. The number of nitrogen functional groups attached to an aromatic ring is 1. The second-order valence-electron chi connectivity index (χ2n) is 4.59. The van der Waals surface area contributed by atoms with Crippen LogP contribution in [0.2, 0.25) is 0 Å². The second-order valence-corrected chi connectivity index (χ2v) is 4.59. The first-order chi connectivity index (χ1) is 7.86. The standard InChI is InChI=1S/C11H17N5/c12-15-10-7-9(8-3-4-8)13-11(14-10)16-5-1-2-6-16/h7-8H,1-6,12H2,(H,13,14,15). The number of hydrogen-bond donors (Lipinski definition) is 2. The fourth-order valence-electron chi connectivity index (χ4n) is 2.17. The maximum absolute atomic E-state index is 5.45. The Morgan fingerprint density at radius 3 is 2.62 bits per heavy atom. The smallest absolute Gasteiger partial charge is 0.227 e. The van der Waals surface area contributed by atoms with E-state index in [4.69, 9.17) is 5.84 Å². The number of aromatic nitrogens is 2. The molecule has 86 valence electrons. The van der Waals surface area contributed by atoms with Crippen LogP contribution in [0.4, 0.5) is 11.8 Å². The van der Waals surface area contributed by atoms with Crippen LogP contribution in [-0.4, -0.2) is 23.1 Å². The Balaban J connectivity index is 1.92. The molecule has 1 aromatic heterocycles. The summed E-state index contributed by atoms with van der Waals surface area (Å²) in [6.07, 6.45) is 4.98. The van der Waals surface area contributed by atoms with E-state index in [-0.39, 0.29) is 0 Å². The van der Waals surface area contributed by atoms with Crippen LogP contribution in [0.3, 0.4) is 0 Å². The summed E-state index contributed by atoms with van der Waals surface area (Å²) in [5.41, 5.74) is 3.78. The summed E-state index contributed by atoms with van der Waals surface area (Å²) in [4.78, 5) is 11.3. The van der Waals surface area contributed by atoms with Crippen molar-refractivity contribution < 1.29 is 0 Å². The molecule has 0 radical (unpaired) electrons. The van der Waals surface area contributed by atoms with Crippen LogP contribution in [0.5, 0.6) is 0 Å². The largest absolute Gasteiger partial charge is 0.341 e. The molecule has 0 bridgehead atoms. The molecule has 2 fully saturated rings. The van der Waals surface area contributed by atoms with Gasteiger partial charge in [0.25, 0.3) is 0 Å². The molecule has 3 rings (SSSR count). The minimum Gasteiger partial charge on any atom is -0.341 e. The zero-order valence-electron chi connectivity index (χ0n) is 9.32. The molecular formula is C11H17N5. The highest BCUT2D eigenvalue weighted by Gasteiger charge is 2.27. The summed E-state index contributed by atoms with van der Waals surface area (Å²) in [7, 11) is 0. The SMILES string of the molecule is NNc1cc(C2CC2)nc(N2CCCC2)n1. The third-order valence-corrected chi connectivity index (χ3v) is 3.27. The number of nitrogens with two attached hydrogens (primary N) is 1. The molecule has 0 amide bonds. The van der Waals surface area contributed by atoms with Crippen LogP contribution in [0.25, 0.3) is 0 Å². The van der Waals surface area contributed by atoms with Crippen molar-refractivity contribution in [2.24, 2.45) is 5.84 Å². The Bertz CT molecular complexity index is 382. The predicted molar refractivity (Wildman–Crippen MR) is 63.3 cm³/mol. The molecule has 5 heteroatoms. The molecule has 1 saturated heterocycles. The Kier molecular flexibility index (Phi) is 2.40. The van der Waals surface area contributed by atoms with E-state index in [0.717, 1.165) is 30.5 Å². The molecule has 3 N–H and O–H groups in total. The van der Waals surface area contributed by atoms with Crippen molar-refractivity contribution in [1.82, 2.24) is 9.97 Å². The van der Waals surface area contributed by atoms with Gasteiger partial charge in [0.05, 0.1) is 5.69 Å². The monoisotopic (exact) mass is 219 g/mol. The summed E-state index contributed by atoms with van der Waals surface area (Å²) in [6, 6.07) is 1.97. The highest BCUT2D eigenvalue weighted by molar-refractivity contribution is 5.44. The lowest BCUT2D eigenvalue weighted by Crippen LogP contribution is -2.22. The van der Waals surface area contributed by atoms with Gasteiger partial charge in [0.15, 0.2) is 0 Å². The molecule has 1 aliphatic heterocycles. The number of nitrogens with zero attached hydrogens (tertiary/aromatic N) is 3. The van der Waals surface area contributed by atoms with Gasteiger partial charge >= 0.3 is 0 Å². The summed E-state index contributed by atoms with van der Waals surface area (Å²) < 4.78 is 0. The normalized spacial score (nSPS) is 20.2. The molecule has 5 nitrogen and oxygen atoms in total.